The summed E-state index contributed by atoms with van der Waals surface area (Å²) in [4.78, 5) is 2.06. The monoisotopic (exact) mass is 292 g/mol. The van der Waals surface area contributed by atoms with E-state index in [0.29, 0.717) is 12.0 Å². The van der Waals surface area contributed by atoms with E-state index >= 15 is 0 Å². The van der Waals surface area contributed by atoms with Gasteiger partial charge in [-0.1, -0.05) is 19.3 Å². The molecule has 3 unspecified atom stereocenters. The molecule has 0 bridgehead atoms. The number of hydrogen-bond acceptors (Lipinski definition) is 2. The minimum absolute atomic E-state index is 0.187. The summed E-state index contributed by atoms with van der Waals surface area (Å²) in [5, 5.41) is 3.56. The zero-order valence-electron chi connectivity index (χ0n) is 12.5. The number of rotatable bonds is 3. The van der Waals surface area contributed by atoms with Crippen LogP contribution in [0.2, 0.25) is 0 Å². The van der Waals surface area contributed by atoms with Crippen LogP contribution >= 0.6 is 0 Å². The van der Waals surface area contributed by atoms with Crippen LogP contribution in [0, 0.1) is 5.92 Å². The van der Waals surface area contributed by atoms with Gasteiger partial charge >= 0.3 is 6.18 Å². The van der Waals surface area contributed by atoms with Crippen LogP contribution < -0.4 is 5.32 Å². The molecule has 20 heavy (non-hydrogen) atoms. The van der Waals surface area contributed by atoms with Crippen LogP contribution in [-0.4, -0.2) is 42.3 Å². The van der Waals surface area contributed by atoms with Crippen LogP contribution in [0.5, 0.6) is 0 Å². The molecule has 0 aromatic heterocycles. The predicted molar refractivity (Wildman–Crippen MR) is 74.7 cm³/mol. The standard InChI is InChI=1S/C15H27F3N2/c1-11(8-15(16,17)18)20-10-14(19-9-12(20)2)13-6-4-3-5-7-13/h11-14,19H,3-10H2,1-2H3. The van der Waals surface area contributed by atoms with E-state index < -0.39 is 18.6 Å². The largest absolute Gasteiger partial charge is 0.390 e. The van der Waals surface area contributed by atoms with Crippen LogP contribution in [0.3, 0.4) is 0 Å². The third kappa shape index (κ3) is 4.35. The van der Waals surface area contributed by atoms with Gasteiger partial charge in [0.1, 0.15) is 0 Å². The van der Waals surface area contributed by atoms with Gasteiger partial charge < -0.3 is 5.32 Å². The summed E-state index contributed by atoms with van der Waals surface area (Å²) in [7, 11) is 0. The van der Waals surface area contributed by atoms with Gasteiger partial charge in [0.05, 0.1) is 6.42 Å². The molecule has 1 aliphatic carbocycles. The van der Waals surface area contributed by atoms with Crippen molar-refractivity contribution >= 4 is 0 Å². The van der Waals surface area contributed by atoms with Crippen molar-refractivity contribution in [3.8, 4) is 0 Å². The zero-order chi connectivity index (χ0) is 14.8. The van der Waals surface area contributed by atoms with Crippen molar-refractivity contribution in [3.63, 3.8) is 0 Å². The second-order valence-electron chi connectivity index (χ2n) is 6.63. The van der Waals surface area contributed by atoms with Crippen molar-refractivity contribution in [1.29, 1.82) is 0 Å². The summed E-state index contributed by atoms with van der Waals surface area (Å²) >= 11 is 0. The topological polar surface area (TPSA) is 15.3 Å². The van der Waals surface area contributed by atoms with Gasteiger partial charge in [-0.2, -0.15) is 13.2 Å². The molecule has 3 atom stereocenters. The summed E-state index contributed by atoms with van der Waals surface area (Å²) in [6.07, 6.45) is 1.56. The van der Waals surface area contributed by atoms with Gasteiger partial charge in [0.2, 0.25) is 0 Å². The van der Waals surface area contributed by atoms with Crippen molar-refractivity contribution in [2.24, 2.45) is 5.92 Å². The average Bonchev–Trinajstić information content (AvgIpc) is 2.38. The van der Waals surface area contributed by atoms with E-state index in [1.54, 1.807) is 6.92 Å². The second kappa shape index (κ2) is 6.65. The van der Waals surface area contributed by atoms with Crippen molar-refractivity contribution < 1.29 is 13.2 Å². The first kappa shape index (κ1) is 16.1. The van der Waals surface area contributed by atoms with E-state index in [9.17, 15) is 13.2 Å². The molecule has 118 valence electrons. The molecule has 1 heterocycles. The molecule has 2 nitrogen and oxygen atoms in total. The second-order valence-corrected chi connectivity index (χ2v) is 6.63. The van der Waals surface area contributed by atoms with Crippen molar-refractivity contribution in [3.05, 3.63) is 0 Å². The highest BCUT2D eigenvalue weighted by Crippen LogP contribution is 2.30. The Morgan fingerprint density at radius 1 is 1.20 bits per heavy atom. The molecule has 1 saturated carbocycles. The Morgan fingerprint density at radius 3 is 2.45 bits per heavy atom. The molecule has 2 aliphatic rings. The third-order valence-corrected chi connectivity index (χ3v) is 4.96. The Hall–Kier alpha value is -0.290. The van der Waals surface area contributed by atoms with Gasteiger partial charge in [0, 0.05) is 31.2 Å². The lowest BCUT2D eigenvalue weighted by Crippen LogP contribution is -2.60. The molecule has 2 fully saturated rings. The quantitative estimate of drug-likeness (QED) is 0.855. The van der Waals surface area contributed by atoms with Gasteiger partial charge in [-0.25, -0.2) is 0 Å². The SMILES string of the molecule is CC1CNC(C2CCCCC2)CN1C(C)CC(F)(F)F. The third-order valence-electron chi connectivity index (χ3n) is 4.96. The molecular formula is C15H27F3N2. The summed E-state index contributed by atoms with van der Waals surface area (Å²) < 4.78 is 37.8. The van der Waals surface area contributed by atoms with E-state index in [4.69, 9.17) is 0 Å². The van der Waals surface area contributed by atoms with E-state index in [1.165, 1.54) is 32.1 Å². The lowest BCUT2D eigenvalue weighted by Gasteiger charge is -2.45. The molecule has 1 saturated heterocycles. The maximum atomic E-state index is 12.6. The molecule has 5 heteroatoms. The highest BCUT2D eigenvalue weighted by Gasteiger charge is 2.37. The van der Waals surface area contributed by atoms with Crippen LogP contribution in [0.15, 0.2) is 0 Å². The van der Waals surface area contributed by atoms with Crippen LogP contribution in [0.1, 0.15) is 52.4 Å². The Bertz CT molecular complexity index is 300. The van der Waals surface area contributed by atoms with Crippen LogP contribution in [0.4, 0.5) is 13.2 Å². The number of nitrogens with zero attached hydrogens (tertiary/aromatic N) is 1. The summed E-state index contributed by atoms with van der Waals surface area (Å²) in [5.74, 6) is 0.650. The van der Waals surface area contributed by atoms with Crippen molar-refractivity contribution in [2.45, 2.75) is 76.7 Å². The first-order chi connectivity index (χ1) is 9.37. The molecule has 2 rings (SSSR count). The lowest BCUT2D eigenvalue weighted by molar-refractivity contribution is -0.149. The van der Waals surface area contributed by atoms with Crippen molar-refractivity contribution in [1.82, 2.24) is 10.2 Å². The minimum atomic E-state index is -4.07. The smallest absolute Gasteiger partial charge is 0.311 e. The van der Waals surface area contributed by atoms with Gasteiger partial charge in [0.25, 0.3) is 0 Å². The highest BCUT2D eigenvalue weighted by atomic mass is 19.4. The molecule has 1 aliphatic heterocycles. The molecule has 0 radical (unpaired) electrons. The van der Waals surface area contributed by atoms with Gasteiger partial charge in [-0.3, -0.25) is 4.90 Å². The summed E-state index contributed by atoms with van der Waals surface area (Å²) in [6.45, 7) is 5.32. The predicted octanol–water partition coefficient (Wildman–Crippen LogP) is 3.57. The number of hydrogen-bond donors (Lipinski definition) is 1. The normalized spacial score (nSPS) is 32.2. The highest BCUT2D eigenvalue weighted by molar-refractivity contribution is 4.91. The first-order valence-corrected chi connectivity index (χ1v) is 7.92. The Kier molecular flexibility index (Phi) is 5.35. The van der Waals surface area contributed by atoms with E-state index in [1.807, 2.05) is 6.92 Å². The Balaban J connectivity index is 1.93. The van der Waals surface area contributed by atoms with E-state index in [-0.39, 0.29) is 6.04 Å². The lowest BCUT2D eigenvalue weighted by atomic mass is 9.82. The molecule has 0 spiro atoms. The molecule has 1 N–H and O–H groups in total. The van der Waals surface area contributed by atoms with Crippen LogP contribution in [-0.2, 0) is 0 Å². The fourth-order valence-corrected chi connectivity index (χ4v) is 3.83. The first-order valence-electron chi connectivity index (χ1n) is 7.92. The van der Waals surface area contributed by atoms with E-state index in [2.05, 4.69) is 10.2 Å². The average molecular weight is 292 g/mol. The Labute approximate surface area is 120 Å². The van der Waals surface area contributed by atoms with Crippen molar-refractivity contribution in [2.75, 3.05) is 13.1 Å². The minimum Gasteiger partial charge on any atom is -0.311 e. The summed E-state index contributed by atoms with van der Waals surface area (Å²) in [5.41, 5.74) is 0. The molecule has 0 aromatic carbocycles. The summed E-state index contributed by atoms with van der Waals surface area (Å²) in [6, 6.07) is 0.146. The number of piperazine rings is 1. The fraction of sp³-hybridized carbons (Fsp3) is 1.00. The number of nitrogens with one attached hydrogen (secondary N) is 1. The maximum absolute atomic E-state index is 12.6. The van der Waals surface area contributed by atoms with E-state index in [0.717, 1.165) is 13.1 Å². The fourth-order valence-electron chi connectivity index (χ4n) is 3.83. The van der Waals surface area contributed by atoms with Crippen LogP contribution in [0.25, 0.3) is 0 Å². The number of halogens is 3. The Morgan fingerprint density at radius 2 is 1.85 bits per heavy atom. The maximum Gasteiger partial charge on any atom is 0.390 e. The zero-order valence-corrected chi connectivity index (χ0v) is 12.5. The molecule has 0 amide bonds. The van der Waals surface area contributed by atoms with Gasteiger partial charge in [0.15, 0.2) is 0 Å². The van der Waals surface area contributed by atoms with Gasteiger partial charge in [-0.15, -0.1) is 0 Å². The number of alkyl halides is 3. The molecular weight excluding hydrogens is 265 g/mol. The van der Waals surface area contributed by atoms with Gasteiger partial charge in [-0.05, 0) is 32.6 Å². The molecule has 0 aromatic rings.